The summed E-state index contributed by atoms with van der Waals surface area (Å²) in [6, 6.07) is 14.5. The molecule has 17 atom stereocenters. The van der Waals surface area contributed by atoms with E-state index in [0.29, 0.717) is 119 Å². The lowest BCUT2D eigenvalue weighted by Gasteiger charge is -2.63. The smallest absolute Gasteiger partial charge is 0.335 e. The number of aromatic amines is 1. The van der Waals surface area contributed by atoms with Crippen LogP contribution in [0.4, 0.5) is 0 Å². The SMILES string of the molecule is COc1c(C)cc2c(c1O)[C@H]1[C@@H]3[C@@H]4SC[C@]5(N[C@H](CO)Cc6c5[nH]c5ccccc65)C(=O)OC[C@@H](c5c6c(c(C)c(OC(C)=O)c54)OC(c4ccc5oc7c(c5c4)C[C@@H](CO)N[C@]74CS[C@@H]5c7c(OC(C)=O)c(C)c8c(c7[C@H](COC4=O)N4[C@@H]5[C@@H]5c7c(cc(C)c(OC)c7O)C[C@H]([C@@H]4C)N5C)OCO8)O6)N3C(C#N)(C2)CN1C. The lowest BCUT2D eigenvalue weighted by Crippen LogP contribution is -2.69. The van der Waals surface area contributed by atoms with Crippen molar-refractivity contribution in [3.8, 4) is 63.6 Å². The number of carbonyl (C=O) groups is 4. The number of furan rings is 1. The summed E-state index contributed by atoms with van der Waals surface area (Å²) in [5.41, 5.74) is 6.90. The molecule has 8 bridgehead atoms. The molecule has 4 fully saturated rings. The summed E-state index contributed by atoms with van der Waals surface area (Å²) in [5.74, 6) is 0.311. The van der Waals surface area contributed by atoms with Gasteiger partial charge in [-0.05, 0) is 120 Å². The van der Waals surface area contributed by atoms with Crippen molar-refractivity contribution in [2.45, 2.75) is 168 Å². The van der Waals surface area contributed by atoms with Gasteiger partial charge in [-0.1, -0.05) is 30.3 Å². The number of likely N-dealkylation sites (N-methyl/N-ethyl adjacent to an activating group) is 2. The number of hydrogen-bond acceptors (Lipinski definition) is 28. The molecule has 7 N–H and O–H groups in total. The fraction of sp³-hybridized carbons (Fsp3) is 0.464. The Morgan fingerprint density at radius 2 is 1.27 bits per heavy atom. The molecule has 15 aliphatic heterocycles. The van der Waals surface area contributed by atoms with E-state index in [2.05, 4.69) is 61.3 Å². The standard InChI is InChI=1S/C84H86N8O19S2/c1-34-18-42-21-51-38(5)91-52-27-103-81(100)84(32-113-75(63(91)62(90(51)9)55(42)65(97)67(34)101-10)59-57(52)73-71(105-33-106-73)36(3)69(59)107-39(6)95)78-49(23-45(26-94)88-84)47-20-41(16-17-54(47)109-78)79-110-72-37(4)70(108-40(7)96)60-58(74(72)111-79)53-28-104-80(99)83(77-48(22-44(25-93)87-83)46-14-12-13-15-50(46)86-77)31-112-76(60)64-61-56-43(19-35(2)68(102-11)66(56)98)24-82(29-85,92(53)64)30-89(61)8/h12-20,38,44-45,51-53,61-64,75-76,79,86-88,93-94,97-98H,21-28,30-33H2,1-11H3/t38-,44-,45-,51+,52-,53-,61-,62-,63+,64+,75+,76+,79?,82?,83+,84+/m0/s1. The first-order valence-electron chi connectivity index (χ1n) is 38.5. The Hall–Kier alpha value is -9.45. The van der Waals surface area contributed by atoms with Crippen LogP contribution < -0.4 is 48.5 Å². The molecule has 23 rings (SSSR count). The van der Waals surface area contributed by atoms with Crippen molar-refractivity contribution in [1.82, 2.24) is 35.2 Å². The number of carbonyl (C=O) groups excluding carboxylic acids is 4. The van der Waals surface area contributed by atoms with Gasteiger partial charge in [-0.2, -0.15) is 5.26 Å². The van der Waals surface area contributed by atoms with E-state index in [1.54, 1.807) is 13.2 Å². The van der Waals surface area contributed by atoms with Crippen LogP contribution in [0, 0.1) is 39.0 Å². The van der Waals surface area contributed by atoms with Gasteiger partial charge in [0.15, 0.2) is 57.1 Å². The van der Waals surface area contributed by atoms with Crippen molar-refractivity contribution in [2.24, 2.45) is 0 Å². The Morgan fingerprint density at radius 1 is 0.673 bits per heavy atom. The number of ether oxygens (including phenoxy) is 10. The molecule has 588 valence electrons. The van der Waals surface area contributed by atoms with Gasteiger partial charge in [0.25, 0.3) is 6.29 Å². The lowest BCUT2D eigenvalue weighted by molar-refractivity contribution is -0.160. The first kappa shape index (κ1) is 72.5. The number of aryl methyl sites for hydroxylation is 2. The Bertz CT molecular complexity index is 5570. The number of esters is 4. The summed E-state index contributed by atoms with van der Waals surface area (Å²) in [6.07, 6.45) is 0.128. The van der Waals surface area contributed by atoms with Crippen LogP contribution in [0.2, 0.25) is 0 Å². The predicted molar refractivity (Wildman–Crippen MR) is 411 cm³/mol. The molecule has 29 heteroatoms. The maximum Gasteiger partial charge on any atom is 0.335 e. The number of phenols is 2. The number of H-pyrrole nitrogens is 1. The third kappa shape index (κ3) is 9.90. The first-order valence-corrected chi connectivity index (χ1v) is 40.6. The van der Waals surface area contributed by atoms with E-state index in [4.69, 9.17) is 51.8 Å². The highest BCUT2D eigenvalue weighted by Crippen LogP contribution is 2.69. The quantitative estimate of drug-likeness (QED) is 0.0577. The van der Waals surface area contributed by atoms with Crippen molar-refractivity contribution < 1.29 is 91.4 Å². The van der Waals surface area contributed by atoms with Gasteiger partial charge < -0.3 is 77.2 Å². The zero-order chi connectivity index (χ0) is 78.4. The number of piperazine rings is 2. The summed E-state index contributed by atoms with van der Waals surface area (Å²) in [4.78, 5) is 72.3. The van der Waals surface area contributed by atoms with Gasteiger partial charge in [0.2, 0.25) is 6.79 Å². The van der Waals surface area contributed by atoms with Gasteiger partial charge in [-0.3, -0.25) is 39.8 Å². The number of methoxy groups -OCH3 is 2. The summed E-state index contributed by atoms with van der Waals surface area (Å²) in [5, 5.41) is 67.4. The molecule has 6 aromatic carbocycles. The molecule has 0 saturated carbocycles. The van der Waals surface area contributed by atoms with Crippen LogP contribution in [-0.4, -0.2) is 190 Å². The van der Waals surface area contributed by atoms with Crippen LogP contribution in [-0.2, 0) is 65.4 Å². The molecule has 113 heavy (non-hydrogen) atoms. The minimum absolute atomic E-state index is 0.00597. The van der Waals surface area contributed by atoms with Gasteiger partial charge in [-0.15, -0.1) is 23.5 Å². The van der Waals surface area contributed by atoms with Gasteiger partial charge >= 0.3 is 23.9 Å². The minimum atomic E-state index is -1.78. The second-order valence-electron chi connectivity index (χ2n) is 32.6. The third-order valence-electron chi connectivity index (χ3n) is 26.6. The fourth-order valence-corrected chi connectivity index (χ4v) is 25.6. The summed E-state index contributed by atoms with van der Waals surface area (Å²) < 4.78 is 73.0. The van der Waals surface area contributed by atoms with Crippen LogP contribution in [0.5, 0.6) is 57.5 Å². The summed E-state index contributed by atoms with van der Waals surface area (Å²) in [7, 11) is 7.10. The number of phenolic OH excluding ortho intramolecular Hbond substituents is 2. The Labute approximate surface area is 658 Å². The van der Waals surface area contributed by atoms with Crippen molar-refractivity contribution in [2.75, 3.05) is 79.6 Å². The number of thioether (sulfide) groups is 2. The molecule has 0 aliphatic carbocycles. The van der Waals surface area contributed by atoms with E-state index >= 15 is 9.59 Å². The Balaban J connectivity index is 0.731. The molecule has 4 saturated heterocycles. The second-order valence-corrected chi connectivity index (χ2v) is 34.9. The molecule has 15 aliphatic rings. The number of aliphatic hydroxyl groups excluding tert-OH is 2. The zero-order valence-electron chi connectivity index (χ0n) is 64.2. The van der Waals surface area contributed by atoms with Gasteiger partial charge in [-0.25, -0.2) is 9.59 Å². The number of nitrogens with one attached hydrogen (secondary N) is 3. The second kappa shape index (κ2) is 25.8. The van der Waals surface area contributed by atoms with Crippen molar-refractivity contribution in [3.05, 3.63) is 150 Å². The normalized spacial score (nSPS) is 31.4. The van der Waals surface area contributed by atoms with E-state index in [-0.39, 0.29) is 104 Å². The number of rotatable bonds is 7. The Kier molecular flexibility index (Phi) is 16.5. The predicted octanol–water partition coefficient (Wildman–Crippen LogP) is 9.05. The number of aliphatic hydroxyl groups is 2. The number of para-hydroxylation sites is 1. The molecule has 0 radical (unpaired) electrons. The molecule has 3 unspecified atom stereocenters. The molecule has 2 spiro atoms. The maximum absolute atomic E-state index is 16.1. The highest BCUT2D eigenvalue weighted by atomic mass is 32.2. The average Bonchev–Trinajstić information content (AvgIpc) is 1.66. The number of nitrogens with zero attached hydrogens (tertiary/aromatic N) is 5. The monoisotopic (exact) mass is 1570 g/mol. The molecule has 27 nitrogen and oxygen atoms in total. The topological polar surface area (TPSA) is 331 Å². The minimum Gasteiger partial charge on any atom is -0.504 e. The molecule has 17 heterocycles. The van der Waals surface area contributed by atoms with Crippen LogP contribution in [0.15, 0.2) is 59.0 Å². The first-order chi connectivity index (χ1) is 54.4. The highest BCUT2D eigenvalue weighted by Gasteiger charge is 2.67. The highest BCUT2D eigenvalue weighted by molar-refractivity contribution is 7.99. The molecule has 2 aromatic heterocycles. The molecular formula is C84H86N8O19S2. The molecular weight excluding hydrogens is 1490 g/mol. The van der Waals surface area contributed by atoms with Crippen LogP contribution >= 0.6 is 23.5 Å². The number of aromatic nitrogens is 1. The maximum atomic E-state index is 16.1. The van der Waals surface area contributed by atoms with Gasteiger partial charge in [0.05, 0.1) is 73.9 Å². The van der Waals surface area contributed by atoms with Crippen LogP contribution in [0.1, 0.15) is 157 Å². The fourth-order valence-electron chi connectivity index (χ4n) is 22.3. The summed E-state index contributed by atoms with van der Waals surface area (Å²) >= 11 is 2.87. The summed E-state index contributed by atoms with van der Waals surface area (Å²) in [6.45, 7) is 11.1. The van der Waals surface area contributed by atoms with E-state index < -0.39 is 112 Å². The number of benzene rings is 6. The largest absolute Gasteiger partial charge is 0.504 e. The van der Waals surface area contributed by atoms with E-state index in [0.717, 1.165) is 33.2 Å². The van der Waals surface area contributed by atoms with Crippen LogP contribution in [0.25, 0.3) is 21.9 Å². The average molecular weight is 1580 g/mol. The number of hydrogen-bond donors (Lipinski definition) is 7. The van der Waals surface area contributed by atoms with Crippen LogP contribution in [0.3, 0.4) is 0 Å². The zero-order valence-corrected chi connectivity index (χ0v) is 65.8. The molecule has 8 aromatic rings. The number of aromatic hydroxyl groups is 2. The van der Waals surface area contributed by atoms with Crippen molar-refractivity contribution in [3.63, 3.8) is 0 Å². The van der Waals surface area contributed by atoms with E-state index in [1.165, 1.54) is 44.5 Å². The number of nitriles is 1. The lowest BCUT2D eigenvalue weighted by atomic mass is 9.71. The molecule has 0 amide bonds. The third-order valence-corrected chi connectivity index (χ3v) is 29.6. The van der Waals surface area contributed by atoms with E-state index in [1.807, 2.05) is 77.2 Å². The van der Waals surface area contributed by atoms with Gasteiger partial charge in [0.1, 0.15) is 41.6 Å². The van der Waals surface area contributed by atoms with Crippen molar-refractivity contribution in [1.29, 1.82) is 5.26 Å². The number of fused-ring (bicyclic) bond motifs is 19. The van der Waals surface area contributed by atoms with Gasteiger partial charge in [0, 0.05) is 146 Å². The van der Waals surface area contributed by atoms with E-state index in [9.17, 15) is 35.3 Å². The van der Waals surface area contributed by atoms with Crippen molar-refractivity contribution >= 4 is 69.3 Å². The Morgan fingerprint density at radius 3 is 1.96 bits per heavy atom.